The lowest BCUT2D eigenvalue weighted by Gasteiger charge is -2.21. The maximum absolute atomic E-state index is 13.4. The number of aliphatic imine (C=N–C) groups is 2. The number of amidine groups is 1. The van der Waals surface area contributed by atoms with Crippen LogP contribution in [-0.4, -0.2) is 106 Å². The van der Waals surface area contributed by atoms with Crippen LogP contribution in [0.2, 0.25) is 0 Å². The van der Waals surface area contributed by atoms with Gasteiger partial charge < -0.3 is 24.8 Å². The summed E-state index contributed by atoms with van der Waals surface area (Å²) in [6.07, 6.45) is 11.4. The molecule has 2 aromatic rings. The minimum Gasteiger partial charge on any atom is -0.488 e. The quantitative estimate of drug-likeness (QED) is 0.159. The van der Waals surface area contributed by atoms with E-state index in [1.807, 2.05) is 26.0 Å². The molecule has 2 aromatic heterocycles. The van der Waals surface area contributed by atoms with Crippen molar-refractivity contribution in [1.82, 2.24) is 24.1 Å². The second kappa shape index (κ2) is 20.5. The summed E-state index contributed by atoms with van der Waals surface area (Å²) in [6.45, 7) is 8.32. The number of likely N-dealkylation sites (N-methyl/N-ethyl adjacent to an activating group) is 1. The van der Waals surface area contributed by atoms with Gasteiger partial charge in [-0.15, -0.1) is 17.3 Å². The number of hydrogen-bond acceptors (Lipinski definition) is 13. The van der Waals surface area contributed by atoms with Gasteiger partial charge in [0.15, 0.2) is 5.76 Å². The Morgan fingerprint density at radius 1 is 1.15 bits per heavy atom. The van der Waals surface area contributed by atoms with Gasteiger partial charge in [0.1, 0.15) is 20.9 Å². The van der Waals surface area contributed by atoms with Crippen molar-refractivity contribution < 1.29 is 27.4 Å². The molecule has 2 aliphatic rings. The van der Waals surface area contributed by atoms with Gasteiger partial charge >= 0.3 is 5.69 Å². The molecule has 1 amide bonds. The molecular weight excluding hydrogens is 721 g/mol. The third-order valence-corrected chi connectivity index (χ3v) is 11.0. The lowest BCUT2D eigenvalue weighted by atomic mass is 10.0. The minimum absolute atomic E-state index is 0.0264. The number of nitrogens with zero attached hydrogens (tertiary/aromatic N) is 6. The number of nitrogen functional groups attached to an aromatic ring is 1. The van der Waals surface area contributed by atoms with Crippen molar-refractivity contribution >= 4 is 45.1 Å². The Labute approximate surface area is 315 Å². The molecule has 0 saturated heterocycles. The maximum Gasteiger partial charge on any atom is 0.354 e. The predicted molar refractivity (Wildman–Crippen MR) is 206 cm³/mol. The number of nitrogens with one attached hydrogen (secondary N) is 1. The molecule has 17 heteroatoms. The summed E-state index contributed by atoms with van der Waals surface area (Å²) in [7, 11) is -0.603. The first-order valence-corrected chi connectivity index (χ1v) is 19.7. The molecule has 3 N–H and O–H groups in total. The van der Waals surface area contributed by atoms with Crippen molar-refractivity contribution in [2.75, 3.05) is 65.9 Å². The zero-order valence-corrected chi connectivity index (χ0v) is 32.2. The minimum atomic E-state index is -4.07. The van der Waals surface area contributed by atoms with Gasteiger partial charge in [0.25, 0.3) is 15.9 Å². The van der Waals surface area contributed by atoms with Crippen LogP contribution in [-0.2, 0) is 29.0 Å². The highest BCUT2D eigenvalue weighted by Crippen LogP contribution is 2.26. The molecule has 0 fully saturated rings. The van der Waals surface area contributed by atoms with Crippen LogP contribution in [0.4, 0.5) is 5.82 Å². The zero-order chi connectivity index (χ0) is 38.2. The van der Waals surface area contributed by atoms with Gasteiger partial charge in [-0.3, -0.25) is 24.0 Å². The van der Waals surface area contributed by atoms with Crippen LogP contribution in [0.15, 0.2) is 79.0 Å². The van der Waals surface area contributed by atoms with E-state index in [4.69, 9.17) is 19.9 Å². The Morgan fingerprint density at radius 3 is 2.68 bits per heavy atom. The highest BCUT2D eigenvalue weighted by molar-refractivity contribution is 7.91. The van der Waals surface area contributed by atoms with Gasteiger partial charge in [-0.2, -0.15) is 4.98 Å². The molecule has 53 heavy (non-hydrogen) atoms. The fourth-order valence-corrected chi connectivity index (χ4v) is 7.64. The Balaban J connectivity index is 1.34. The number of rotatable bonds is 19. The fraction of sp³-hybridized carbons (Fsp3) is 0.472. The molecule has 1 unspecified atom stereocenters. The van der Waals surface area contributed by atoms with Gasteiger partial charge in [0, 0.05) is 57.6 Å². The summed E-state index contributed by atoms with van der Waals surface area (Å²) >= 11 is 0.893. The van der Waals surface area contributed by atoms with Crippen molar-refractivity contribution in [2.45, 2.75) is 50.2 Å². The van der Waals surface area contributed by atoms with E-state index < -0.39 is 15.7 Å². The lowest BCUT2D eigenvalue weighted by Crippen LogP contribution is -2.36. The van der Waals surface area contributed by atoms with Crippen molar-refractivity contribution in [3.8, 4) is 16.8 Å². The number of allylic oxidation sites excluding steroid dienone is 2. The maximum atomic E-state index is 13.4. The van der Waals surface area contributed by atoms with E-state index in [1.54, 1.807) is 17.2 Å². The van der Waals surface area contributed by atoms with Crippen LogP contribution in [0.1, 0.15) is 46.0 Å². The van der Waals surface area contributed by atoms with Crippen molar-refractivity contribution in [2.24, 2.45) is 15.9 Å². The Bertz CT molecular complexity index is 1950. The smallest absolute Gasteiger partial charge is 0.354 e. The van der Waals surface area contributed by atoms with Gasteiger partial charge in [-0.1, -0.05) is 12.0 Å². The number of methoxy groups -OCH3 is 1. The highest BCUT2D eigenvalue weighted by Gasteiger charge is 2.24. The van der Waals surface area contributed by atoms with E-state index in [-0.39, 0.29) is 39.9 Å². The first-order valence-electron chi connectivity index (χ1n) is 17.4. The number of ether oxygens (including phenoxy) is 3. The van der Waals surface area contributed by atoms with Gasteiger partial charge in [-0.05, 0) is 70.5 Å². The number of carbonyl (C=O) groups excluding carboxylic acids is 1. The number of amides is 1. The number of carbonyl (C=O) groups is 1. The van der Waals surface area contributed by atoms with E-state index in [2.05, 4.69) is 43.5 Å². The second-order valence-electron chi connectivity index (χ2n) is 12.0. The first-order chi connectivity index (χ1) is 25.6. The number of sulfonamides is 1. The summed E-state index contributed by atoms with van der Waals surface area (Å²) in [5.74, 6) is 6.76. The number of aromatic nitrogens is 2. The van der Waals surface area contributed by atoms with Crippen LogP contribution in [0.25, 0.3) is 5.00 Å². The average Bonchev–Trinajstić information content (AvgIpc) is 3.60. The van der Waals surface area contributed by atoms with Crippen LogP contribution in [0.5, 0.6) is 0 Å². The van der Waals surface area contributed by atoms with Crippen LogP contribution in [0, 0.1) is 17.8 Å². The number of nitrogens with two attached hydrogens (primary N) is 1. The monoisotopic (exact) mass is 768 g/mol. The first kappa shape index (κ1) is 41.0. The number of hydrogen-bond donors (Lipinski definition) is 2. The number of thiophene rings is 1. The predicted octanol–water partition coefficient (Wildman–Crippen LogP) is 3.31. The van der Waals surface area contributed by atoms with Gasteiger partial charge in [-0.25, -0.2) is 18.2 Å². The highest BCUT2D eigenvalue weighted by atomic mass is 32.2. The molecule has 15 nitrogen and oxygen atoms in total. The molecule has 286 valence electrons. The van der Waals surface area contributed by atoms with Gasteiger partial charge in [0.05, 0.1) is 32.4 Å². The molecule has 0 aromatic carbocycles. The standard InChI is InChI=1S/C36H48N8O7S2/c1-5-43-31(38-20-18-29(35(43)45)51-25-11-22-42(3)21-10-24-50-6-2)15-9-13-27-12-7-8-14-28(34(49-4)39-26-27)41-53(47,48)33-17-16-32(52-33)44-23-19-30(37)40-36(44)46/h9,15-19,23,26-27,41H,5-6,10-14,20-22,24-25H2,1-4H3,(H2,37,40,46)/b15-9-,34-28-,39-26?. The molecular formula is C36H48N8O7S2. The molecule has 0 bridgehead atoms. The van der Waals surface area contributed by atoms with E-state index in [9.17, 15) is 18.0 Å². The van der Waals surface area contributed by atoms with E-state index in [1.165, 1.54) is 36.1 Å². The normalized spacial score (nSPS) is 18.1. The molecule has 0 saturated carbocycles. The molecule has 4 heterocycles. The average molecular weight is 769 g/mol. The van der Waals surface area contributed by atoms with Crippen LogP contribution >= 0.6 is 11.3 Å². The third kappa shape index (κ3) is 12.1. The summed E-state index contributed by atoms with van der Waals surface area (Å²) in [4.78, 5) is 42.2. The zero-order valence-electron chi connectivity index (χ0n) is 30.6. The van der Waals surface area contributed by atoms with E-state index >= 15 is 0 Å². The second-order valence-corrected chi connectivity index (χ2v) is 14.9. The van der Waals surface area contributed by atoms with E-state index in [0.717, 1.165) is 50.5 Å². The Hall–Kier alpha value is -4.76. The molecule has 0 spiro atoms. The largest absolute Gasteiger partial charge is 0.488 e. The Morgan fingerprint density at radius 2 is 1.94 bits per heavy atom. The molecule has 0 aliphatic carbocycles. The van der Waals surface area contributed by atoms with Crippen molar-refractivity contribution in [1.29, 1.82) is 0 Å². The Kier molecular flexibility index (Phi) is 15.8. The van der Waals surface area contributed by atoms with Crippen molar-refractivity contribution in [3.63, 3.8) is 0 Å². The van der Waals surface area contributed by atoms with Crippen LogP contribution in [0.3, 0.4) is 0 Å². The topological polar surface area (TPSA) is 183 Å². The summed E-state index contributed by atoms with van der Waals surface area (Å²) in [5, 5.41) is 0.359. The number of anilines is 1. The van der Waals surface area contributed by atoms with E-state index in [0.29, 0.717) is 49.1 Å². The summed E-state index contributed by atoms with van der Waals surface area (Å²) in [5.41, 5.74) is 5.12. The molecule has 1 atom stereocenters. The molecule has 2 aliphatic heterocycles. The summed E-state index contributed by atoms with van der Waals surface area (Å²) < 4.78 is 47.3. The van der Waals surface area contributed by atoms with Crippen molar-refractivity contribution in [3.05, 3.63) is 70.4 Å². The SMILES string of the molecule is CCOCCCN(C)CCCOC1=CCN=C(/C=C\CC2C=N/C(OC)=C(/NS(=O)(=O)c3ccc(-n4ccc(N)nc4=O)s3)CC#CC2)N(CC)C1=O. The molecule has 4 rings (SSSR count). The van der Waals surface area contributed by atoms with Gasteiger partial charge in [0.2, 0.25) is 5.88 Å². The fourth-order valence-electron chi connectivity index (χ4n) is 5.27. The third-order valence-electron chi connectivity index (χ3n) is 8.02. The van der Waals surface area contributed by atoms with Crippen LogP contribution < -0.4 is 16.1 Å². The summed E-state index contributed by atoms with van der Waals surface area (Å²) in [6, 6.07) is 4.36. The molecule has 0 radical (unpaired) electrons. The lowest BCUT2D eigenvalue weighted by molar-refractivity contribution is -0.126.